The number of nitro benzene ring substituents is 1. The van der Waals surface area contributed by atoms with Crippen LogP contribution in [-0.2, 0) is 14.3 Å². The van der Waals surface area contributed by atoms with Crippen molar-refractivity contribution >= 4 is 21.5 Å². The molecule has 1 atom stereocenters. The number of nitrogens with two attached hydrogens (primary N) is 2. The number of nitrogen functional groups attached to an aromatic ring is 1. The summed E-state index contributed by atoms with van der Waals surface area (Å²) >= 11 is 0. The number of nitro groups is 1. The van der Waals surface area contributed by atoms with Gasteiger partial charge in [-0.15, -0.1) is 0 Å². The molecule has 0 saturated heterocycles. The molecule has 0 aliphatic rings. The summed E-state index contributed by atoms with van der Waals surface area (Å²) in [6.45, 7) is 1.82. The second-order valence-corrected chi connectivity index (χ2v) is 5.43. The number of hydrogen-bond acceptors (Lipinski definition) is 7. The van der Waals surface area contributed by atoms with Gasteiger partial charge in [-0.2, -0.15) is 8.42 Å². The Morgan fingerprint density at radius 1 is 1.47 bits per heavy atom. The number of hydrogen-bond donors (Lipinski definition) is 2. The summed E-state index contributed by atoms with van der Waals surface area (Å²) in [5.41, 5.74) is 10.2. The van der Waals surface area contributed by atoms with Gasteiger partial charge in [-0.25, -0.2) is 4.18 Å². The van der Waals surface area contributed by atoms with E-state index in [9.17, 15) is 18.5 Å². The molecule has 0 saturated carbocycles. The highest BCUT2D eigenvalue weighted by Gasteiger charge is 2.23. The first-order valence-electron chi connectivity index (χ1n) is 5.50. The summed E-state index contributed by atoms with van der Waals surface area (Å²) < 4.78 is 28.4. The van der Waals surface area contributed by atoms with E-state index in [1.54, 1.807) is 0 Å². The minimum absolute atomic E-state index is 0.123. The summed E-state index contributed by atoms with van der Waals surface area (Å²) in [6, 6.07) is 3.12. The summed E-state index contributed by atoms with van der Waals surface area (Å²) in [7, 11) is -4.14. The quantitative estimate of drug-likeness (QED) is 0.261. The summed E-state index contributed by atoms with van der Waals surface area (Å²) in [6.07, 6.45) is 0.0288. The molecule has 0 radical (unpaired) electrons. The van der Waals surface area contributed by atoms with Crippen LogP contribution in [0.25, 0.3) is 0 Å². The second kappa shape index (κ2) is 5.95. The van der Waals surface area contributed by atoms with E-state index in [2.05, 4.69) is 0 Å². The van der Waals surface area contributed by atoms with Gasteiger partial charge in [-0.1, -0.05) is 13.3 Å². The van der Waals surface area contributed by atoms with E-state index in [4.69, 9.17) is 15.7 Å². The third-order valence-corrected chi connectivity index (χ3v) is 3.64. The van der Waals surface area contributed by atoms with E-state index in [1.165, 1.54) is 0 Å². The van der Waals surface area contributed by atoms with E-state index in [0.717, 1.165) is 18.2 Å². The zero-order valence-corrected chi connectivity index (χ0v) is 11.1. The average molecular weight is 289 g/mol. The Morgan fingerprint density at radius 3 is 2.63 bits per heavy atom. The van der Waals surface area contributed by atoms with Crippen LogP contribution in [0.3, 0.4) is 0 Å². The van der Waals surface area contributed by atoms with Gasteiger partial charge in [-0.05, 0) is 18.6 Å². The molecule has 9 heteroatoms. The molecule has 0 aliphatic carbocycles. The van der Waals surface area contributed by atoms with Crippen LogP contribution in [0.2, 0.25) is 0 Å². The fourth-order valence-electron chi connectivity index (χ4n) is 1.39. The molecule has 1 unspecified atom stereocenters. The highest BCUT2D eigenvalue weighted by atomic mass is 32.2. The van der Waals surface area contributed by atoms with E-state index in [-0.39, 0.29) is 10.6 Å². The van der Waals surface area contributed by atoms with Crippen LogP contribution in [0, 0.1) is 10.1 Å². The average Bonchev–Trinajstić information content (AvgIpc) is 2.28. The first-order valence-corrected chi connectivity index (χ1v) is 6.91. The Kier molecular flexibility index (Phi) is 4.81. The molecule has 106 valence electrons. The molecule has 0 aliphatic heterocycles. The maximum absolute atomic E-state index is 11.8. The Labute approximate surface area is 110 Å². The predicted molar refractivity (Wildman–Crippen MR) is 68.7 cm³/mol. The van der Waals surface area contributed by atoms with Crippen LogP contribution in [-0.4, -0.2) is 19.6 Å². The Morgan fingerprint density at radius 2 is 2.11 bits per heavy atom. The first-order chi connectivity index (χ1) is 8.77. The minimum Gasteiger partial charge on any atom is -0.393 e. The van der Waals surface area contributed by atoms with Crippen molar-refractivity contribution in [3.8, 4) is 0 Å². The van der Waals surface area contributed by atoms with Crippen molar-refractivity contribution < 1.29 is 17.5 Å². The molecule has 0 bridgehead atoms. The molecule has 1 aromatic carbocycles. The zero-order chi connectivity index (χ0) is 14.6. The molecule has 1 aromatic rings. The van der Waals surface area contributed by atoms with Gasteiger partial charge in [0.2, 0.25) is 0 Å². The highest BCUT2D eigenvalue weighted by molar-refractivity contribution is 7.86. The fourth-order valence-corrected chi connectivity index (χ4v) is 2.41. The van der Waals surface area contributed by atoms with E-state index in [1.807, 2.05) is 6.92 Å². The number of nitrogens with zero attached hydrogens (tertiary/aromatic N) is 1. The molecule has 4 N–H and O–H groups in total. The molecule has 0 amide bonds. The van der Waals surface area contributed by atoms with E-state index >= 15 is 0 Å². The van der Waals surface area contributed by atoms with Crippen LogP contribution in [0.4, 0.5) is 11.4 Å². The smallest absolute Gasteiger partial charge is 0.298 e. The lowest BCUT2D eigenvalue weighted by atomic mass is 10.3. The van der Waals surface area contributed by atoms with E-state index in [0.29, 0.717) is 12.8 Å². The lowest BCUT2D eigenvalue weighted by Crippen LogP contribution is -2.27. The van der Waals surface area contributed by atoms with Gasteiger partial charge in [0.25, 0.3) is 15.8 Å². The van der Waals surface area contributed by atoms with Crippen molar-refractivity contribution in [3.05, 3.63) is 28.3 Å². The Hall–Kier alpha value is -1.71. The third kappa shape index (κ3) is 3.88. The fraction of sp³-hybridized carbons (Fsp3) is 0.400. The van der Waals surface area contributed by atoms with Crippen LogP contribution in [0.1, 0.15) is 19.8 Å². The zero-order valence-electron chi connectivity index (χ0n) is 10.3. The SMILES string of the molecule is CCCC(N)OS(=O)(=O)c1ccc(N)c([N+](=O)[O-])c1. The molecule has 19 heavy (non-hydrogen) atoms. The number of anilines is 1. The van der Waals surface area contributed by atoms with Crippen LogP contribution in [0.5, 0.6) is 0 Å². The van der Waals surface area contributed by atoms with Gasteiger partial charge >= 0.3 is 0 Å². The summed E-state index contributed by atoms with van der Waals surface area (Å²) in [5, 5.41) is 10.7. The van der Waals surface area contributed by atoms with Gasteiger partial charge in [0.05, 0.1) is 4.92 Å². The first kappa shape index (κ1) is 15.3. The number of benzene rings is 1. The van der Waals surface area contributed by atoms with Crippen LogP contribution >= 0.6 is 0 Å². The highest BCUT2D eigenvalue weighted by Crippen LogP contribution is 2.26. The Balaban J connectivity index is 3.08. The van der Waals surface area contributed by atoms with Crippen molar-refractivity contribution in [2.45, 2.75) is 30.9 Å². The lowest BCUT2D eigenvalue weighted by molar-refractivity contribution is -0.384. The normalized spacial score (nSPS) is 13.2. The number of rotatable bonds is 6. The van der Waals surface area contributed by atoms with Crippen LogP contribution < -0.4 is 11.5 Å². The summed E-state index contributed by atoms with van der Waals surface area (Å²) in [4.78, 5) is 9.58. The monoisotopic (exact) mass is 289 g/mol. The van der Waals surface area contributed by atoms with Crippen LogP contribution in [0.15, 0.2) is 23.1 Å². The molecule has 0 heterocycles. The van der Waals surface area contributed by atoms with Crippen molar-refractivity contribution in [1.29, 1.82) is 0 Å². The minimum atomic E-state index is -4.14. The molecular formula is C10H15N3O5S. The van der Waals surface area contributed by atoms with Gasteiger partial charge in [-0.3, -0.25) is 10.1 Å². The van der Waals surface area contributed by atoms with Gasteiger partial charge in [0.15, 0.2) is 0 Å². The topological polar surface area (TPSA) is 139 Å². The Bertz CT molecular complexity index is 573. The maximum Gasteiger partial charge on any atom is 0.298 e. The van der Waals surface area contributed by atoms with Crippen molar-refractivity contribution in [2.24, 2.45) is 5.73 Å². The molecule has 0 aromatic heterocycles. The van der Waals surface area contributed by atoms with Gasteiger partial charge < -0.3 is 11.5 Å². The molecule has 0 fully saturated rings. The van der Waals surface area contributed by atoms with E-state index < -0.39 is 27.0 Å². The summed E-state index contributed by atoms with van der Waals surface area (Å²) in [5.74, 6) is 0. The van der Waals surface area contributed by atoms with Crippen molar-refractivity contribution in [3.63, 3.8) is 0 Å². The maximum atomic E-state index is 11.8. The van der Waals surface area contributed by atoms with Gasteiger partial charge in [0.1, 0.15) is 16.8 Å². The third-order valence-electron chi connectivity index (χ3n) is 2.31. The largest absolute Gasteiger partial charge is 0.393 e. The molecule has 8 nitrogen and oxygen atoms in total. The van der Waals surface area contributed by atoms with Crippen molar-refractivity contribution in [1.82, 2.24) is 0 Å². The van der Waals surface area contributed by atoms with Crippen molar-refractivity contribution in [2.75, 3.05) is 5.73 Å². The molecule has 1 rings (SSSR count). The standard InChI is InChI=1S/C10H15N3O5S/c1-2-3-10(12)18-19(16,17)7-4-5-8(11)9(6-7)13(14)15/h4-6,10H,2-3,11-12H2,1H3. The van der Waals surface area contributed by atoms with Gasteiger partial charge in [0, 0.05) is 6.07 Å². The molecular weight excluding hydrogens is 274 g/mol. The molecule has 0 spiro atoms. The lowest BCUT2D eigenvalue weighted by Gasteiger charge is -2.12. The predicted octanol–water partition coefficient (Wildman–Crippen LogP) is 0.967. The second-order valence-electron chi connectivity index (χ2n) is 3.86.